The van der Waals surface area contributed by atoms with Crippen LogP contribution in [0.3, 0.4) is 0 Å². The van der Waals surface area contributed by atoms with Crippen LogP contribution in [0.25, 0.3) is 0 Å². The average molecular weight is 537 g/mol. The largest absolute Gasteiger partial charge is 1.00 e. The monoisotopic (exact) mass is 536 g/mol. The van der Waals surface area contributed by atoms with Crippen molar-refractivity contribution in [2.24, 2.45) is 17.3 Å². The summed E-state index contributed by atoms with van der Waals surface area (Å²) in [6.07, 6.45) is 5.28. The second kappa shape index (κ2) is 21.8. The molecule has 0 aliphatic carbocycles. The molecule has 0 saturated heterocycles. The molecule has 0 aliphatic rings. The Morgan fingerprint density at radius 3 is 1.35 bits per heavy atom. The molecule has 0 radical (unpaired) electrons. The molecular formula is C20H35K3O7S. The van der Waals surface area contributed by atoms with Gasteiger partial charge < -0.3 is 24.4 Å². The Kier molecular flexibility index (Phi) is 29.5. The molecule has 166 valence electrons. The van der Waals surface area contributed by atoms with Crippen molar-refractivity contribution < 1.29 is 187 Å². The van der Waals surface area contributed by atoms with Gasteiger partial charge in [-0.3, -0.25) is 0 Å². The maximum Gasteiger partial charge on any atom is 1.00 e. The number of aliphatic carboxylic acids is 2. The number of hydrogen-bond acceptors (Lipinski definition) is 7. The smallest absolute Gasteiger partial charge is 0.747 e. The van der Waals surface area contributed by atoms with Crippen LogP contribution in [0.5, 0.6) is 0 Å². The molecule has 0 saturated carbocycles. The number of carboxylic acid groups (broad SMARTS) is 2. The van der Waals surface area contributed by atoms with E-state index in [1.165, 1.54) is 0 Å². The third-order valence-corrected chi connectivity index (χ3v) is 7.02. The van der Waals surface area contributed by atoms with Gasteiger partial charge in [0.2, 0.25) is 0 Å². The predicted octanol–water partition coefficient (Wildman–Crippen LogP) is -7.39. The van der Waals surface area contributed by atoms with E-state index in [0.717, 1.165) is 25.7 Å². The number of carboxylic acids is 2. The van der Waals surface area contributed by atoms with Gasteiger partial charge in [-0.1, -0.05) is 79.1 Å². The maximum atomic E-state index is 12.3. The summed E-state index contributed by atoms with van der Waals surface area (Å²) in [6, 6.07) is 0. The molecule has 11 heteroatoms. The molecule has 0 bridgehead atoms. The van der Waals surface area contributed by atoms with Crippen molar-refractivity contribution in [1.82, 2.24) is 0 Å². The minimum atomic E-state index is -5.45. The quantitative estimate of drug-likeness (QED) is 0.141. The SMILES string of the molecule is CCCCC(CC)CC(CC(CC)CCCC)(C(=O)[O-])C(C(=O)[O-])S(=O)(=O)[O-].[K+].[K+].[K+]. The number of carbonyl (C=O) groups is 2. The second-order valence-corrected chi connectivity index (χ2v) is 9.33. The van der Waals surface area contributed by atoms with Crippen LogP contribution in [0.2, 0.25) is 0 Å². The van der Waals surface area contributed by atoms with E-state index in [1.54, 1.807) is 0 Å². The summed E-state index contributed by atoms with van der Waals surface area (Å²) in [7, 11) is -5.45. The average Bonchev–Trinajstić information content (AvgIpc) is 2.59. The number of unbranched alkanes of at least 4 members (excludes halogenated alkanes) is 2. The van der Waals surface area contributed by atoms with Crippen LogP contribution in [0.1, 0.15) is 91.9 Å². The van der Waals surface area contributed by atoms with Crippen molar-refractivity contribution in [3.05, 3.63) is 0 Å². The van der Waals surface area contributed by atoms with Crippen molar-refractivity contribution in [3.63, 3.8) is 0 Å². The fourth-order valence-corrected chi connectivity index (χ4v) is 5.18. The van der Waals surface area contributed by atoms with Crippen molar-refractivity contribution >= 4 is 22.1 Å². The van der Waals surface area contributed by atoms with Crippen LogP contribution in [0.15, 0.2) is 0 Å². The van der Waals surface area contributed by atoms with Gasteiger partial charge in [-0.2, -0.15) is 0 Å². The molecule has 0 N–H and O–H groups in total. The Hall–Kier alpha value is 3.76. The van der Waals surface area contributed by atoms with Crippen molar-refractivity contribution in [3.8, 4) is 0 Å². The molecule has 0 aromatic carbocycles. The van der Waals surface area contributed by atoms with Gasteiger partial charge in [-0.25, -0.2) is 8.42 Å². The summed E-state index contributed by atoms with van der Waals surface area (Å²) < 4.78 is 35.5. The van der Waals surface area contributed by atoms with Crippen molar-refractivity contribution in [2.45, 2.75) is 97.2 Å². The predicted molar refractivity (Wildman–Crippen MR) is 102 cm³/mol. The third-order valence-electron chi connectivity index (χ3n) is 5.80. The van der Waals surface area contributed by atoms with E-state index < -0.39 is 32.7 Å². The summed E-state index contributed by atoms with van der Waals surface area (Å²) in [5.74, 6) is -4.38. The minimum Gasteiger partial charge on any atom is -0.747 e. The van der Waals surface area contributed by atoms with E-state index in [0.29, 0.717) is 25.7 Å². The zero-order chi connectivity index (χ0) is 22.0. The molecule has 0 amide bonds. The first kappa shape index (κ1) is 41.9. The Morgan fingerprint density at radius 2 is 1.16 bits per heavy atom. The molecule has 0 aromatic rings. The number of hydrogen-bond donors (Lipinski definition) is 0. The first-order valence-corrected chi connectivity index (χ1v) is 11.8. The Labute approximate surface area is 316 Å². The van der Waals surface area contributed by atoms with E-state index in [-0.39, 0.29) is 179 Å². The Morgan fingerprint density at radius 1 is 0.806 bits per heavy atom. The molecule has 0 fully saturated rings. The van der Waals surface area contributed by atoms with E-state index in [9.17, 15) is 32.8 Å². The fourth-order valence-electron chi connectivity index (χ4n) is 4.11. The van der Waals surface area contributed by atoms with Crippen molar-refractivity contribution in [2.75, 3.05) is 0 Å². The van der Waals surface area contributed by atoms with Crippen LogP contribution < -0.4 is 164 Å². The molecule has 0 spiro atoms. The molecule has 3 atom stereocenters. The first-order valence-electron chi connectivity index (χ1n) is 10.4. The van der Waals surface area contributed by atoms with Gasteiger partial charge in [0.1, 0.15) is 10.1 Å². The number of carbonyl (C=O) groups excluding carboxylic acids is 2. The molecule has 31 heavy (non-hydrogen) atoms. The molecule has 0 heterocycles. The van der Waals surface area contributed by atoms with Crippen LogP contribution in [-0.4, -0.2) is 30.2 Å². The normalized spacial score (nSPS) is 15.8. The van der Waals surface area contributed by atoms with Gasteiger partial charge in [0.05, 0.1) is 11.2 Å². The summed E-state index contributed by atoms with van der Waals surface area (Å²) >= 11 is 0. The minimum absolute atomic E-state index is 0. The molecule has 0 rings (SSSR count). The summed E-state index contributed by atoms with van der Waals surface area (Å²) in [6.45, 7) is 7.63. The fraction of sp³-hybridized carbons (Fsp3) is 0.900. The van der Waals surface area contributed by atoms with Gasteiger partial charge in [0.15, 0.2) is 0 Å². The van der Waals surface area contributed by atoms with Crippen LogP contribution >= 0.6 is 0 Å². The summed E-state index contributed by atoms with van der Waals surface area (Å²) in [4.78, 5) is 23.9. The number of rotatable bonds is 16. The van der Waals surface area contributed by atoms with Crippen LogP contribution in [0.4, 0.5) is 0 Å². The topological polar surface area (TPSA) is 137 Å². The molecule has 0 aliphatic heterocycles. The second-order valence-electron chi connectivity index (χ2n) is 7.88. The molecule has 3 unspecified atom stereocenters. The van der Waals surface area contributed by atoms with Gasteiger partial charge in [-0.05, 0) is 24.7 Å². The third kappa shape index (κ3) is 14.9. The first-order chi connectivity index (χ1) is 13.0. The zero-order valence-electron chi connectivity index (χ0n) is 20.6. The van der Waals surface area contributed by atoms with E-state index >= 15 is 0 Å². The molecular weight excluding hydrogens is 502 g/mol. The Bertz CT molecular complexity index is 582. The zero-order valence-corrected chi connectivity index (χ0v) is 30.8. The van der Waals surface area contributed by atoms with Gasteiger partial charge in [0.25, 0.3) is 0 Å². The molecule has 0 aromatic heterocycles. The summed E-state index contributed by atoms with van der Waals surface area (Å²) in [5, 5.41) is 21.3. The van der Waals surface area contributed by atoms with Crippen molar-refractivity contribution in [1.29, 1.82) is 0 Å². The Balaban J connectivity index is -0.00000121. The van der Waals surface area contributed by atoms with Crippen LogP contribution in [-0.2, 0) is 19.7 Å². The van der Waals surface area contributed by atoms with E-state index in [2.05, 4.69) is 0 Å². The van der Waals surface area contributed by atoms with Gasteiger partial charge in [0, 0.05) is 11.4 Å². The summed E-state index contributed by atoms with van der Waals surface area (Å²) in [5.41, 5.74) is -2.29. The maximum absolute atomic E-state index is 12.3. The standard InChI is InChI=1S/C20H38O7S.3K/c1-5-9-11-15(7-3)13-20(19(23)24,14-16(8-4)12-10-6-2)17(18(21)22)28(25,26)27;;;/h15-17H,5-14H2,1-4H3,(H,21,22)(H,23,24)(H,25,26,27);;;/q;3*+1/p-3. The van der Waals surface area contributed by atoms with Crippen LogP contribution in [0, 0.1) is 17.3 Å². The van der Waals surface area contributed by atoms with Gasteiger partial charge >= 0.3 is 154 Å². The molecule has 7 nitrogen and oxygen atoms in total. The van der Waals surface area contributed by atoms with Gasteiger partial charge in [-0.15, -0.1) is 0 Å². The van der Waals surface area contributed by atoms with E-state index in [4.69, 9.17) is 0 Å². The van der Waals surface area contributed by atoms with E-state index in [1.807, 2.05) is 27.7 Å².